The van der Waals surface area contributed by atoms with E-state index in [4.69, 9.17) is 10.2 Å². The van der Waals surface area contributed by atoms with Crippen molar-refractivity contribution in [1.29, 1.82) is 0 Å². The normalized spacial score (nSPS) is 13.8. The van der Waals surface area contributed by atoms with Crippen LogP contribution in [-0.4, -0.2) is 35.2 Å². The number of aliphatic hydroxyl groups excluding tert-OH is 2. The van der Waals surface area contributed by atoms with Crippen LogP contribution in [0.3, 0.4) is 0 Å². The average Bonchev–Trinajstić information content (AvgIpc) is 1.95. The van der Waals surface area contributed by atoms with Gasteiger partial charge >= 0.3 is 56.3 Å². The third kappa shape index (κ3) is 2.21. The molecule has 0 unspecified atom stereocenters. The molecular weight excluding hydrogens is 135 g/mol. The summed E-state index contributed by atoms with van der Waals surface area (Å²) in [6.07, 6.45) is 2.43. The van der Waals surface area contributed by atoms with Crippen molar-refractivity contribution in [2.24, 2.45) is 0 Å². The number of hydrogen-bond donors (Lipinski definition) is 2. The molecule has 0 radical (unpaired) electrons. The molecular formula is C6H17O2P. The van der Waals surface area contributed by atoms with E-state index in [2.05, 4.69) is 0 Å². The molecule has 0 aliphatic heterocycles. The Morgan fingerprint density at radius 3 is 1.33 bits per heavy atom. The topological polar surface area (TPSA) is 40.5 Å². The van der Waals surface area contributed by atoms with Gasteiger partial charge in [0.05, 0.1) is 0 Å². The Hall–Kier alpha value is 0.350. The van der Waals surface area contributed by atoms with E-state index in [0.717, 1.165) is 12.3 Å². The minimum atomic E-state index is -1.58. The molecule has 0 rings (SSSR count). The Kier molecular flexibility index (Phi) is 4.37. The van der Waals surface area contributed by atoms with Gasteiger partial charge in [-0.1, -0.05) is 0 Å². The number of hydrogen-bond acceptors (Lipinski definition) is 2. The van der Waals surface area contributed by atoms with Gasteiger partial charge in [0, 0.05) is 0 Å². The zero-order valence-electron chi connectivity index (χ0n) is 6.22. The fourth-order valence-electron chi connectivity index (χ4n) is 0.747. The van der Waals surface area contributed by atoms with Crippen LogP contribution in [0.1, 0.15) is 13.8 Å². The van der Waals surface area contributed by atoms with Crippen molar-refractivity contribution in [3.63, 3.8) is 0 Å². The first kappa shape index (κ1) is 9.35. The molecule has 0 aliphatic rings. The molecule has 58 valence electrons. The van der Waals surface area contributed by atoms with Crippen LogP contribution in [0, 0.1) is 0 Å². The van der Waals surface area contributed by atoms with Crippen molar-refractivity contribution in [1.82, 2.24) is 0 Å². The molecule has 2 N–H and O–H groups in total. The van der Waals surface area contributed by atoms with E-state index >= 15 is 0 Å². The quantitative estimate of drug-likeness (QED) is 0.581. The van der Waals surface area contributed by atoms with E-state index in [1.165, 1.54) is 0 Å². The Labute approximate surface area is 57.2 Å². The molecule has 0 fully saturated rings. The molecule has 0 heterocycles. The molecule has 0 spiro atoms. The van der Waals surface area contributed by atoms with E-state index in [9.17, 15) is 0 Å². The van der Waals surface area contributed by atoms with Crippen molar-refractivity contribution in [2.75, 3.05) is 25.0 Å². The summed E-state index contributed by atoms with van der Waals surface area (Å²) < 4.78 is 0. The summed E-state index contributed by atoms with van der Waals surface area (Å²) in [6.45, 7) is 4.09. The molecule has 2 nitrogen and oxygen atoms in total. The van der Waals surface area contributed by atoms with Gasteiger partial charge in [0.15, 0.2) is 0 Å². The van der Waals surface area contributed by atoms with Crippen LogP contribution in [0.25, 0.3) is 0 Å². The molecule has 0 aromatic rings. The SMILES string of the molecule is CC[PH](CC)(CO)CO. The van der Waals surface area contributed by atoms with Crippen LogP contribution in [0.15, 0.2) is 0 Å². The van der Waals surface area contributed by atoms with Crippen molar-refractivity contribution in [3.8, 4) is 0 Å². The molecule has 0 aromatic carbocycles. The van der Waals surface area contributed by atoms with Crippen LogP contribution in [-0.2, 0) is 0 Å². The van der Waals surface area contributed by atoms with Crippen LogP contribution in [0.5, 0.6) is 0 Å². The van der Waals surface area contributed by atoms with Crippen molar-refractivity contribution >= 4 is 7.26 Å². The van der Waals surface area contributed by atoms with Gasteiger partial charge in [-0.3, -0.25) is 0 Å². The van der Waals surface area contributed by atoms with Gasteiger partial charge in [0.25, 0.3) is 0 Å². The van der Waals surface area contributed by atoms with Gasteiger partial charge in [0.2, 0.25) is 0 Å². The molecule has 0 atom stereocenters. The van der Waals surface area contributed by atoms with Gasteiger partial charge < -0.3 is 0 Å². The summed E-state index contributed by atoms with van der Waals surface area (Å²) in [5.41, 5.74) is 0. The van der Waals surface area contributed by atoms with Crippen LogP contribution in [0.4, 0.5) is 0 Å². The second kappa shape index (κ2) is 4.21. The van der Waals surface area contributed by atoms with E-state index in [1.807, 2.05) is 13.8 Å². The summed E-state index contributed by atoms with van der Waals surface area (Å²) in [5.74, 6) is 0. The minimum absolute atomic E-state index is 0.233. The summed E-state index contributed by atoms with van der Waals surface area (Å²) in [5, 5.41) is 17.8. The maximum atomic E-state index is 8.88. The van der Waals surface area contributed by atoms with Gasteiger partial charge in [-0.25, -0.2) is 0 Å². The zero-order chi connectivity index (χ0) is 7.33. The van der Waals surface area contributed by atoms with Gasteiger partial charge in [-0.2, -0.15) is 0 Å². The summed E-state index contributed by atoms with van der Waals surface area (Å²) in [6, 6.07) is 0. The molecule has 3 heteroatoms. The summed E-state index contributed by atoms with van der Waals surface area (Å²) in [7, 11) is -1.58. The predicted octanol–water partition coefficient (Wildman–Crippen LogP) is 0.676. The van der Waals surface area contributed by atoms with Gasteiger partial charge in [-0.15, -0.1) is 0 Å². The van der Waals surface area contributed by atoms with E-state index < -0.39 is 7.26 Å². The van der Waals surface area contributed by atoms with Crippen molar-refractivity contribution in [3.05, 3.63) is 0 Å². The molecule has 9 heavy (non-hydrogen) atoms. The standard InChI is InChI=1S/C6H17O2P/c1-3-9(4-2,5-7)6-8/h7-9H,3-6H2,1-2H3. The first-order chi connectivity index (χ1) is 4.24. The Bertz CT molecular complexity index is 53.9. The fraction of sp³-hybridized carbons (Fsp3) is 1.00. The van der Waals surface area contributed by atoms with E-state index in [-0.39, 0.29) is 12.7 Å². The van der Waals surface area contributed by atoms with E-state index in [1.54, 1.807) is 0 Å². The van der Waals surface area contributed by atoms with Gasteiger partial charge in [0.1, 0.15) is 0 Å². The molecule has 0 aromatic heterocycles. The van der Waals surface area contributed by atoms with Gasteiger partial charge in [-0.05, 0) is 0 Å². The van der Waals surface area contributed by atoms with Crippen LogP contribution >= 0.6 is 7.26 Å². The summed E-state index contributed by atoms with van der Waals surface area (Å²) >= 11 is 0. The second-order valence-electron chi connectivity index (χ2n) is 2.52. The maximum absolute atomic E-state index is 8.88. The molecule has 0 amide bonds. The third-order valence-corrected chi connectivity index (χ3v) is 6.51. The third-order valence-electron chi connectivity index (χ3n) is 2.17. The number of rotatable bonds is 4. The first-order valence-corrected chi connectivity index (χ1v) is 6.29. The first-order valence-electron chi connectivity index (χ1n) is 3.46. The van der Waals surface area contributed by atoms with Crippen molar-refractivity contribution in [2.45, 2.75) is 13.8 Å². The zero-order valence-corrected chi connectivity index (χ0v) is 7.22. The average molecular weight is 152 g/mol. The second-order valence-corrected chi connectivity index (χ2v) is 7.57. The molecule has 0 saturated heterocycles. The summed E-state index contributed by atoms with van der Waals surface area (Å²) in [4.78, 5) is 0. The van der Waals surface area contributed by atoms with Crippen LogP contribution in [0.2, 0.25) is 0 Å². The Morgan fingerprint density at radius 1 is 1.00 bits per heavy atom. The van der Waals surface area contributed by atoms with Crippen LogP contribution < -0.4 is 0 Å². The number of aliphatic hydroxyl groups is 2. The molecule has 0 bridgehead atoms. The predicted molar refractivity (Wildman–Crippen MR) is 43.6 cm³/mol. The van der Waals surface area contributed by atoms with Crippen molar-refractivity contribution < 1.29 is 10.2 Å². The molecule has 0 saturated carbocycles. The monoisotopic (exact) mass is 152 g/mol. The Balaban J connectivity index is 3.82. The van der Waals surface area contributed by atoms with E-state index in [0.29, 0.717) is 0 Å². The fourth-order valence-corrected chi connectivity index (χ4v) is 2.24. The Morgan fingerprint density at radius 2 is 1.33 bits per heavy atom. The molecule has 0 aliphatic carbocycles.